The van der Waals surface area contributed by atoms with Crippen LogP contribution in [0.3, 0.4) is 0 Å². The van der Waals surface area contributed by atoms with Crippen molar-refractivity contribution in [1.82, 2.24) is 0 Å². The fraction of sp³-hybridized carbons (Fsp3) is 1.00. The van der Waals surface area contributed by atoms with Gasteiger partial charge in [0.25, 0.3) is 0 Å². The molecule has 0 radical (unpaired) electrons. The average molecular weight is 1560 g/mol. The summed E-state index contributed by atoms with van der Waals surface area (Å²) in [6.07, 6.45) is 7.57. The molecule has 0 nitrogen and oxygen atoms in total. The van der Waals surface area contributed by atoms with E-state index in [4.69, 9.17) is 0 Å². The second-order valence-corrected chi connectivity index (χ2v) is 83.7. The van der Waals surface area contributed by atoms with Crippen LogP contribution in [0.2, 0.25) is 0 Å². The van der Waals surface area contributed by atoms with Crippen molar-refractivity contribution < 1.29 is 0 Å². The van der Waals surface area contributed by atoms with E-state index < -0.39 is 0 Å². The lowest BCUT2D eigenvalue weighted by atomic mass is 8.30. The number of hydrogen-bond acceptors (Lipinski definition) is 0. The maximum absolute atomic E-state index is 1.89. The van der Waals surface area contributed by atoms with Crippen LogP contribution in [0.1, 0.15) is 25.7 Å². The van der Waals surface area contributed by atoms with Crippen molar-refractivity contribution in [2.45, 2.75) is 25.7 Å². The van der Waals surface area contributed by atoms with Crippen LogP contribution in [0.15, 0.2) is 0 Å². The largest absolute Gasteiger partial charge is 0.0458 e. The number of rotatable bonds is 0. The first-order valence-electron chi connectivity index (χ1n) is 62.3. The molecule has 96 saturated carbocycles. The standard InChI is InChI=1S/C125H60/c1-5-13-6-2-10-16-20-24-28-32-36-40-44-48-53-56-54-50-46-42-38-34-30-26-22-18-12-4-8-14-7-3-11-17-21-25-29-33-37-41-45-49-52-55-51-47-43-39-35-31-27-23-19-15-9(1)57(5)61(13)58(6,10)64(16)68(20)72(24)76(28)80(32)84(36)88(40)92(44)96(48)101(53)104(56)102(54)98(50)94(46)90(42)86(38)82(34)78(30)74(26)70(22)66(18)60(8,12)62(14)59(7,11)65(17)69(21)73(25)77(29)81(33)85(37)89(41)93(45)97(49)100(52)103(55)99(51)95(47)91(43)87(39)83(35)79(31)75(27)71(23)67(19)63(15,57)105(61,64)107(67,68)109(71,72)111(75,76)113(79,80)115(83,84)117(87,88)119(91,92)121(95,96)123(99,101)125(103,104)124(100,102)122(97,98)120(93,94)118(89,90)116(85,86)114(81,82)112(77,78)110(73,74)108(69,70)106(62,65)66/h5-56H,1-4H2. The normalized spacial score (nSPS) is 152. The summed E-state index contributed by atoms with van der Waals surface area (Å²) in [5.41, 5.74) is 78.5. The molecule has 69 spiro atoms. The van der Waals surface area contributed by atoms with E-state index in [0.717, 1.165) is 374 Å². The third-order valence-electron chi connectivity index (χ3n) is 115. The van der Waals surface area contributed by atoms with Crippen molar-refractivity contribution in [2.24, 2.45) is 535 Å². The third-order valence-corrected chi connectivity index (χ3v) is 115. The Kier molecular flexibility index (Phi) is 1.81. The SMILES string of the molecule is C1C2C3C4CC5C6C7C8C9C%10C%11C%12C%13C%14C%15C%16C%17C%18C%19C%20C%21C%22C%23C%24C%25C%26C%27CC%28C%29C%30CC%31C%32C%33C%34C%35C%36C%37C%38C%39C%40C%41C%42C%43C%44C%45C%46C%47C%48C%49C%50C%51C%52C1C21C32C45C63C74C85C96C%107C%118C%129C%13%10C%14%11C%15%12C%16%13C%17%14C%18%15C%19%16C%20%17C%21%18C%22%19C%23%20C%24%21C%25%22C%26%23C%28%27C%29%24C%30%31C%32%25C%33%26C%34%27C%35%28C%36%29C%37%30C%38%31C%39%32C%40%33C%41%34C%42%35C%43%36C%44%37C%45%38C%46%39C%47%40C%48%41C%49%42C%50%43C%51%44C%521C23C%444C%435C%426C%417C%408C%399C%38%10C%37%11C%36%12C%35%13C%34%14C%33%15C%32%16C%31%17C%30%18C%29%19C%28%20C%27%21C%26%22C%24%25%23. The minimum Gasteiger partial charge on any atom is -0.0458 e. The van der Waals surface area contributed by atoms with Crippen LogP contribution in [-0.4, -0.2) is 0 Å². The highest BCUT2D eigenvalue weighted by Crippen LogP contribution is 3.85. The highest BCUT2D eigenvalue weighted by atomic mass is 15.8. The molecule has 92 unspecified atom stereocenters. The van der Waals surface area contributed by atoms with E-state index in [0.29, 0.717) is 0 Å². The van der Waals surface area contributed by atoms with Crippen molar-refractivity contribution in [1.29, 1.82) is 0 Å². The summed E-state index contributed by atoms with van der Waals surface area (Å²) < 4.78 is 0. The van der Waals surface area contributed by atoms with Gasteiger partial charge in [-0.15, -0.1) is 0 Å². The Labute approximate surface area is 701 Å². The van der Waals surface area contributed by atoms with Crippen LogP contribution in [0, 0.1) is 681 Å². The Hall–Kier alpha value is 0. The van der Waals surface area contributed by atoms with Gasteiger partial charge in [-0.25, -0.2) is 0 Å². The molecule has 96 rings (SSSR count). The Morgan fingerprint density at radius 2 is 0.160 bits per heavy atom. The van der Waals surface area contributed by atoms with Crippen LogP contribution in [0.4, 0.5) is 0 Å². The first-order valence-corrected chi connectivity index (χ1v) is 62.3. The molecule has 0 N–H and O–H groups in total. The second kappa shape index (κ2) is 5.69. The minimum absolute atomic E-state index is 1.10. The highest BCUT2D eigenvalue weighted by Gasteiger charge is 3.81. The summed E-state index contributed by atoms with van der Waals surface area (Å²) >= 11 is 0. The van der Waals surface area contributed by atoms with Crippen molar-refractivity contribution in [2.75, 3.05) is 0 Å². The van der Waals surface area contributed by atoms with Crippen LogP contribution >= 0.6 is 0 Å². The van der Waals surface area contributed by atoms with E-state index in [1.54, 1.807) is 0 Å². The maximum Gasteiger partial charge on any atom is -0.000715 e. The van der Waals surface area contributed by atoms with Crippen LogP contribution in [0.5, 0.6) is 0 Å². The molecule has 0 saturated heterocycles. The summed E-state index contributed by atoms with van der Waals surface area (Å²) in [6, 6.07) is 0. The molecule has 0 heterocycles. The Balaban J connectivity index is 0.421. The van der Waals surface area contributed by atoms with Gasteiger partial charge in [-0.3, -0.25) is 0 Å². The quantitative estimate of drug-likeness (QED) is 0.227. The number of hydrogen-bond donors (Lipinski definition) is 0. The van der Waals surface area contributed by atoms with Gasteiger partial charge in [-0.1, -0.05) is 0 Å². The van der Waals surface area contributed by atoms with Crippen molar-refractivity contribution in [3.05, 3.63) is 146 Å². The van der Waals surface area contributed by atoms with Crippen molar-refractivity contribution in [3.8, 4) is 0 Å². The van der Waals surface area contributed by atoms with E-state index >= 15 is 0 Å². The summed E-state index contributed by atoms with van der Waals surface area (Å²) in [4.78, 5) is 0. The van der Waals surface area contributed by atoms with Gasteiger partial charge in [0, 0.05) is 0 Å². The van der Waals surface area contributed by atoms with Crippen LogP contribution in [0.25, 0.3) is 0 Å². The predicted octanol–water partition coefficient (Wildman–Crippen LogP) is 10.2. The molecule has 125 heavy (non-hydrogen) atoms. The second-order valence-electron chi connectivity index (χ2n) is 83.7. The van der Waals surface area contributed by atoms with Crippen molar-refractivity contribution >= 4 is 0 Å². The molecule has 0 aromatic carbocycles. The van der Waals surface area contributed by atoms with Gasteiger partial charge in [0.05, 0.1) is 0 Å². The molecular formula is C125H60. The van der Waals surface area contributed by atoms with Gasteiger partial charge in [-0.05, 0) is 707 Å². The average Bonchev–Trinajstić information content (AvgIpc) is 0.413. The van der Waals surface area contributed by atoms with E-state index in [9.17, 15) is 0 Å². The molecule has 560 valence electrons. The van der Waals surface area contributed by atoms with Gasteiger partial charge in [0.15, 0.2) is 0 Å². The molecule has 0 aliphatic heterocycles. The van der Waals surface area contributed by atoms with E-state index in [-0.39, 0.29) is 0 Å². The highest BCUT2D eigenvalue weighted by molar-refractivity contribution is 6.68. The molecule has 96 aliphatic carbocycles. The van der Waals surface area contributed by atoms with Gasteiger partial charge in [0.1, 0.15) is 0 Å². The molecule has 96 fully saturated rings. The van der Waals surface area contributed by atoms with Gasteiger partial charge in [0.2, 0.25) is 0 Å². The van der Waals surface area contributed by atoms with E-state index in [2.05, 4.69) is 0 Å². The molecule has 0 amide bonds. The van der Waals surface area contributed by atoms with E-state index in [1.807, 2.05) is 25.7 Å². The summed E-state index contributed by atoms with van der Waals surface area (Å²) in [7, 11) is 0. The topological polar surface area (TPSA) is 0 Å². The first kappa shape index (κ1) is 39.7. The summed E-state index contributed by atoms with van der Waals surface area (Å²) in [5, 5.41) is 0. The summed E-state index contributed by atoms with van der Waals surface area (Å²) in [6.45, 7) is 0. The predicted molar refractivity (Wildman–Crippen MR) is 390 cm³/mol. The lowest BCUT2D eigenvalue weighted by molar-refractivity contribution is -1.06. The van der Waals surface area contributed by atoms with Crippen LogP contribution in [-0.2, 0) is 0 Å². The zero-order valence-electron chi connectivity index (χ0n) is 67.4. The molecule has 96 aliphatic rings. The minimum atomic E-state index is 1.10. The molecule has 92 atom stereocenters. The monoisotopic (exact) mass is 1560 g/mol. The Morgan fingerprint density at radius 3 is 0.280 bits per heavy atom. The Morgan fingerprint density at radius 1 is 0.0720 bits per heavy atom. The zero-order valence-corrected chi connectivity index (χ0v) is 67.4. The molecule has 0 aromatic heterocycles. The molecular weight excluding hydrogens is 1500 g/mol. The molecule has 0 bridgehead atoms. The fourth-order valence-electron chi connectivity index (χ4n) is 151. The Bertz CT molecular complexity index is 9320. The molecule has 0 heteroatoms. The first-order chi connectivity index (χ1) is 62.3. The smallest absolute Gasteiger partial charge is 0.000715 e. The lowest BCUT2D eigenvalue weighted by Crippen LogP contribution is -3.69. The van der Waals surface area contributed by atoms with Gasteiger partial charge < -0.3 is 0 Å². The zero-order chi connectivity index (χ0) is 67.4. The van der Waals surface area contributed by atoms with E-state index in [1.165, 1.54) is 308 Å². The maximum atomic E-state index is 1.89. The summed E-state index contributed by atoms with van der Waals surface area (Å²) in [5.74, 6) is 75.5. The van der Waals surface area contributed by atoms with Gasteiger partial charge >= 0.3 is 0 Å². The lowest BCUT2D eigenvalue weighted by Gasteiger charge is -3.72. The van der Waals surface area contributed by atoms with Crippen molar-refractivity contribution in [3.63, 3.8) is 0 Å². The fourth-order valence-corrected chi connectivity index (χ4v) is 151. The molecule has 0 aromatic rings. The van der Waals surface area contributed by atoms with Gasteiger partial charge in [-0.2, -0.15) is 0 Å². The van der Waals surface area contributed by atoms with Crippen LogP contribution < -0.4 is 0 Å². The third kappa shape index (κ3) is 0.790. The number of fused-ring (bicyclic) bond motifs is 48.